The number of nitrogens with zero attached hydrogens (tertiary/aromatic N) is 1. The fourth-order valence-corrected chi connectivity index (χ4v) is 9.03. The van der Waals surface area contributed by atoms with Crippen LogP contribution in [0.25, 0.3) is 10.9 Å². The summed E-state index contributed by atoms with van der Waals surface area (Å²) in [5.74, 6) is -2.05. The van der Waals surface area contributed by atoms with Crippen LogP contribution in [0.15, 0.2) is 108 Å². The Morgan fingerprint density at radius 2 is 1.44 bits per heavy atom. The largest absolute Gasteiger partial charge is 0.453 e. The molecule has 15 heteroatoms. The Labute approximate surface area is 316 Å². The number of methoxy groups -OCH3 is 1. The SMILES string of the molecule is COC(=O)N[C@H](C(=O)N[C@H](c1ccc([C@@H](CO)N(CCC(C)(C)C)S(=O)(=O)c2cc3ccccc3[nH]2)s1)C(F)(F)F)C(c1ccccc1)c1ccccc1. The number of thiophene rings is 1. The van der Waals surface area contributed by atoms with Crippen molar-refractivity contribution < 1.29 is 41.0 Å². The lowest BCUT2D eigenvalue weighted by Crippen LogP contribution is -2.52. The molecule has 2 aromatic heterocycles. The van der Waals surface area contributed by atoms with Gasteiger partial charge in [-0.3, -0.25) is 4.79 Å². The Morgan fingerprint density at radius 1 is 0.870 bits per heavy atom. The van der Waals surface area contributed by atoms with Crippen molar-refractivity contribution in [1.82, 2.24) is 19.9 Å². The monoisotopic (exact) mass is 784 g/mol. The van der Waals surface area contributed by atoms with E-state index >= 15 is 0 Å². The molecule has 3 aromatic carbocycles. The first-order valence-electron chi connectivity index (χ1n) is 17.1. The van der Waals surface area contributed by atoms with Crippen molar-refractivity contribution in [2.75, 3.05) is 20.3 Å². The van der Waals surface area contributed by atoms with Crippen LogP contribution < -0.4 is 10.6 Å². The number of nitrogens with one attached hydrogen (secondary N) is 3. The van der Waals surface area contributed by atoms with E-state index in [4.69, 9.17) is 4.74 Å². The molecule has 0 aliphatic heterocycles. The molecular weight excluding hydrogens is 742 g/mol. The summed E-state index contributed by atoms with van der Waals surface area (Å²) in [6.45, 7) is 5.01. The summed E-state index contributed by atoms with van der Waals surface area (Å²) in [6.07, 6.45) is -5.66. The topological polar surface area (TPSA) is 141 Å². The molecule has 5 rings (SSSR count). The van der Waals surface area contributed by atoms with Gasteiger partial charge >= 0.3 is 12.3 Å². The molecule has 4 N–H and O–H groups in total. The molecule has 5 aromatic rings. The highest BCUT2D eigenvalue weighted by Gasteiger charge is 2.46. The molecule has 0 spiro atoms. The van der Waals surface area contributed by atoms with E-state index in [2.05, 4.69) is 15.6 Å². The van der Waals surface area contributed by atoms with Gasteiger partial charge in [0, 0.05) is 33.1 Å². The average Bonchev–Trinajstić information content (AvgIpc) is 3.80. The zero-order chi connectivity index (χ0) is 39.3. The number of fused-ring (bicyclic) bond motifs is 1. The van der Waals surface area contributed by atoms with Gasteiger partial charge in [-0.2, -0.15) is 17.5 Å². The maximum Gasteiger partial charge on any atom is 0.413 e. The average molecular weight is 785 g/mol. The molecule has 288 valence electrons. The lowest BCUT2D eigenvalue weighted by molar-refractivity contribution is -0.163. The predicted molar refractivity (Wildman–Crippen MR) is 201 cm³/mol. The molecule has 0 radical (unpaired) electrons. The number of halogens is 3. The number of ether oxygens (including phenoxy) is 1. The first kappa shape index (κ1) is 40.5. The minimum Gasteiger partial charge on any atom is -0.453 e. The summed E-state index contributed by atoms with van der Waals surface area (Å²) in [5.41, 5.74) is 1.36. The molecule has 10 nitrogen and oxygen atoms in total. The second-order valence-corrected chi connectivity index (χ2v) is 17.0. The lowest BCUT2D eigenvalue weighted by Gasteiger charge is -2.31. The Morgan fingerprint density at radius 3 is 1.98 bits per heavy atom. The number of alkyl halides is 3. The number of benzene rings is 3. The van der Waals surface area contributed by atoms with Crippen LogP contribution in [-0.4, -0.2) is 67.3 Å². The minimum atomic E-state index is -5.01. The Hall–Kier alpha value is -4.70. The van der Waals surface area contributed by atoms with Crippen LogP contribution in [0.5, 0.6) is 0 Å². The van der Waals surface area contributed by atoms with Gasteiger partial charge in [-0.25, -0.2) is 13.2 Å². The van der Waals surface area contributed by atoms with E-state index in [-0.39, 0.29) is 26.7 Å². The van der Waals surface area contributed by atoms with Gasteiger partial charge in [0.25, 0.3) is 10.0 Å². The summed E-state index contributed by atoms with van der Waals surface area (Å²) in [5, 5.41) is 15.8. The van der Waals surface area contributed by atoms with E-state index in [1.54, 1.807) is 84.9 Å². The molecule has 0 bridgehead atoms. The summed E-state index contributed by atoms with van der Waals surface area (Å²) in [4.78, 5) is 29.3. The number of aromatic amines is 1. The van der Waals surface area contributed by atoms with Gasteiger partial charge in [0.05, 0.1) is 19.8 Å². The van der Waals surface area contributed by atoms with Crippen LogP contribution in [0.3, 0.4) is 0 Å². The summed E-state index contributed by atoms with van der Waals surface area (Å²) in [6, 6.07) is 22.8. The van der Waals surface area contributed by atoms with Crippen molar-refractivity contribution in [2.24, 2.45) is 5.41 Å². The molecule has 0 aliphatic rings. The molecular formula is C39H43F3N4O6S2. The Kier molecular flexibility index (Phi) is 12.6. The van der Waals surface area contributed by atoms with Crippen LogP contribution in [0.4, 0.5) is 18.0 Å². The van der Waals surface area contributed by atoms with Crippen LogP contribution in [-0.2, 0) is 19.6 Å². The number of hydrogen-bond acceptors (Lipinski definition) is 7. The zero-order valence-electron chi connectivity index (χ0n) is 30.1. The Balaban J connectivity index is 1.52. The first-order chi connectivity index (χ1) is 25.5. The van der Waals surface area contributed by atoms with E-state index in [0.717, 1.165) is 17.5 Å². The molecule has 54 heavy (non-hydrogen) atoms. The van der Waals surface area contributed by atoms with Gasteiger partial charge in [-0.1, -0.05) is 99.6 Å². The third-order valence-electron chi connectivity index (χ3n) is 8.96. The number of hydrogen-bond donors (Lipinski definition) is 4. The number of amides is 2. The van der Waals surface area contributed by atoms with E-state index in [1.165, 1.54) is 12.1 Å². The highest BCUT2D eigenvalue weighted by atomic mass is 32.2. The maximum absolute atomic E-state index is 14.9. The van der Waals surface area contributed by atoms with Gasteiger partial charge in [-0.15, -0.1) is 11.3 Å². The van der Waals surface area contributed by atoms with Gasteiger partial charge in [0.1, 0.15) is 11.1 Å². The van der Waals surface area contributed by atoms with E-state index in [9.17, 15) is 36.3 Å². The molecule has 0 saturated carbocycles. The number of sulfonamides is 1. The normalized spacial score (nSPS) is 14.2. The number of alkyl carbamates (subject to hydrolysis) is 1. The lowest BCUT2D eigenvalue weighted by atomic mass is 9.84. The fraction of sp³-hybridized carbons (Fsp3) is 0.333. The van der Waals surface area contributed by atoms with Crippen molar-refractivity contribution >= 4 is 44.3 Å². The molecule has 0 unspecified atom stereocenters. The van der Waals surface area contributed by atoms with E-state index in [1.807, 2.05) is 20.8 Å². The van der Waals surface area contributed by atoms with E-state index < -0.39 is 58.9 Å². The van der Waals surface area contributed by atoms with Gasteiger partial charge in [-0.05, 0) is 47.2 Å². The zero-order valence-corrected chi connectivity index (χ0v) is 31.8. The highest BCUT2D eigenvalue weighted by Crippen LogP contribution is 2.41. The highest BCUT2D eigenvalue weighted by molar-refractivity contribution is 7.89. The van der Waals surface area contributed by atoms with Crippen molar-refractivity contribution in [2.45, 2.75) is 62.4 Å². The van der Waals surface area contributed by atoms with Crippen molar-refractivity contribution in [3.63, 3.8) is 0 Å². The van der Waals surface area contributed by atoms with Crippen molar-refractivity contribution in [3.8, 4) is 0 Å². The van der Waals surface area contributed by atoms with Gasteiger partial charge in [0.15, 0.2) is 6.04 Å². The quantitative estimate of drug-likeness (QED) is 0.0912. The third-order valence-corrected chi connectivity index (χ3v) is 12.0. The predicted octanol–water partition coefficient (Wildman–Crippen LogP) is 7.67. The number of carbonyl (C=O) groups excluding carboxylic acids is 2. The maximum atomic E-state index is 14.9. The van der Waals surface area contributed by atoms with Gasteiger partial charge < -0.3 is 25.5 Å². The molecule has 2 amide bonds. The first-order valence-corrected chi connectivity index (χ1v) is 19.4. The molecule has 2 heterocycles. The van der Waals surface area contributed by atoms with Crippen LogP contribution in [0, 0.1) is 5.41 Å². The number of rotatable bonds is 14. The number of carbonyl (C=O) groups is 2. The van der Waals surface area contributed by atoms with Crippen molar-refractivity contribution in [3.05, 3.63) is 124 Å². The third kappa shape index (κ3) is 9.50. The van der Waals surface area contributed by atoms with Crippen LogP contribution >= 0.6 is 11.3 Å². The number of aliphatic hydroxyl groups excluding tert-OH is 1. The summed E-state index contributed by atoms with van der Waals surface area (Å²) >= 11 is 0.629. The van der Waals surface area contributed by atoms with Crippen LogP contribution in [0.2, 0.25) is 0 Å². The number of aliphatic hydroxyl groups is 1. The molecule has 0 fully saturated rings. The number of para-hydroxylation sites is 1. The Bertz CT molecular complexity index is 2060. The molecule has 0 aliphatic carbocycles. The van der Waals surface area contributed by atoms with Crippen molar-refractivity contribution in [1.29, 1.82) is 0 Å². The van der Waals surface area contributed by atoms with Gasteiger partial charge in [0.2, 0.25) is 5.91 Å². The second kappa shape index (κ2) is 16.8. The van der Waals surface area contributed by atoms with E-state index in [0.29, 0.717) is 39.8 Å². The molecule has 3 atom stereocenters. The minimum absolute atomic E-state index is 0.0413. The number of H-pyrrole nitrogens is 1. The van der Waals surface area contributed by atoms with Crippen LogP contribution in [0.1, 0.15) is 66.1 Å². The fourth-order valence-electron chi connectivity index (χ4n) is 6.16. The summed E-state index contributed by atoms with van der Waals surface area (Å²) in [7, 11) is -3.23. The smallest absolute Gasteiger partial charge is 0.413 e. The second-order valence-electron chi connectivity index (χ2n) is 14.0. The molecule has 0 saturated heterocycles. The standard InChI is InChI=1S/C39H43F3N4O6S2/c1-38(2,3)21-22-46(54(50,51)32-23-27-17-11-12-18-28(27)43-32)29(24-47)30-19-20-31(53-30)35(39(40,41)42)45-36(48)34(44-37(49)52-4)33(25-13-7-5-8-14-25)26-15-9-6-10-16-26/h5-20,23,29,33-35,43,47H,21-22,24H2,1-4H3,(H,44,49)(H,45,48)/t29-,34+,35-/m1/s1. The number of aromatic nitrogens is 1. The summed E-state index contributed by atoms with van der Waals surface area (Å²) < 4.78 is 79.2.